The summed E-state index contributed by atoms with van der Waals surface area (Å²) in [6, 6.07) is 7.42. The number of fused-ring (bicyclic) bond motifs is 1. The molecule has 2 aliphatic heterocycles. The van der Waals surface area contributed by atoms with E-state index in [1.54, 1.807) is 36.4 Å². The number of alkyl halides is 3. The van der Waals surface area contributed by atoms with E-state index >= 15 is 0 Å². The molecule has 14 heteroatoms. The van der Waals surface area contributed by atoms with Gasteiger partial charge in [0.15, 0.2) is 17.5 Å². The number of nitrogens with one attached hydrogen (secondary N) is 3. The Morgan fingerprint density at radius 2 is 1.88 bits per heavy atom. The molecule has 2 unspecified atom stereocenters. The normalized spacial score (nSPS) is 20.2. The molecule has 3 atom stereocenters. The van der Waals surface area contributed by atoms with Crippen molar-refractivity contribution >= 4 is 36.5 Å². The zero-order valence-corrected chi connectivity index (χ0v) is 23.5. The van der Waals surface area contributed by atoms with Crippen LogP contribution in [0, 0.1) is 0 Å². The number of piperidine rings is 1. The lowest BCUT2D eigenvalue weighted by Crippen LogP contribution is -2.45. The first-order chi connectivity index (χ1) is 18.3. The average Bonchev–Trinajstić information content (AvgIpc) is 3.36. The molecule has 5 rings (SSSR count). The van der Waals surface area contributed by atoms with Crippen LogP contribution in [0.15, 0.2) is 42.6 Å². The summed E-state index contributed by atoms with van der Waals surface area (Å²) in [5.74, 6) is 0.878. The third-order valence-corrected chi connectivity index (χ3v) is 6.92. The Labute approximate surface area is 242 Å². The molecular formula is C26H31Cl2F3N6O3. The largest absolute Gasteiger partial charge is 0.493 e. The lowest BCUT2D eigenvalue weighted by molar-refractivity contribution is -0.173. The van der Waals surface area contributed by atoms with Crippen LogP contribution in [0.5, 0.6) is 11.5 Å². The van der Waals surface area contributed by atoms with E-state index in [2.05, 4.69) is 26.0 Å². The summed E-state index contributed by atoms with van der Waals surface area (Å²) in [4.78, 5) is 16.8. The molecule has 0 bridgehead atoms. The second-order valence-corrected chi connectivity index (χ2v) is 9.41. The number of hydrogen-bond acceptors (Lipinski definition) is 7. The van der Waals surface area contributed by atoms with E-state index in [-0.39, 0.29) is 54.7 Å². The van der Waals surface area contributed by atoms with Crippen LogP contribution >= 0.6 is 24.8 Å². The predicted molar refractivity (Wildman–Crippen MR) is 149 cm³/mol. The molecule has 0 spiro atoms. The molecule has 1 saturated heterocycles. The first-order valence-electron chi connectivity index (χ1n) is 12.4. The molecular weight excluding hydrogens is 572 g/mol. The number of rotatable bonds is 6. The zero-order valence-electron chi connectivity index (χ0n) is 21.8. The van der Waals surface area contributed by atoms with Crippen LogP contribution in [-0.4, -0.2) is 60.2 Å². The van der Waals surface area contributed by atoms with Crippen LogP contribution < -0.4 is 25.4 Å². The first kappa shape index (κ1) is 31.3. The van der Waals surface area contributed by atoms with Gasteiger partial charge in [-0.2, -0.15) is 18.3 Å². The van der Waals surface area contributed by atoms with Gasteiger partial charge < -0.3 is 25.4 Å². The van der Waals surface area contributed by atoms with Crippen molar-refractivity contribution in [3.63, 3.8) is 0 Å². The minimum atomic E-state index is -4.51. The third kappa shape index (κ3) is 6.56. The van der Waals surface area contributed by atoms with E-state index in [0.29, 0.717) is 34.9 Å². The Hall–Kier alpha value is -3.22. The number of amides is 1. The van der Waals surface area contributed by atoms with Gasteiger partial charge in [0.05, 0.1) is 26.0 Å². The lowest BCUT2D eigenvalue weighted by atomic mass is 9.96. The van der Waals surface area contributed by atoms with Crippen molar-refractivity contribution in [1.82, 2.24) is 25.4 Å². The highest BCUT2D eigenvalue weighted by Crippen LogP contribution is 2.45. The summed E-state index contributed by atoms with van der Waals surface area (Å²) in [7, 11) is 2.98. The van der Waals surface area contributed by atoms with E-state index in [9.17, 15) is 18.0 Å². The molecule has 0 aliphatic carbocycles. The van der Waals surface area contributed by atoms with Gasteiger partial charge in [-0.25, -0.2) is 4.68 Å². The van der Waals surface area contributed by atoms with E-state index in [4.69, 9.17) is 9.47 Å². The van der Waals surface area contributed by atoms with Crippen molar-refractivity contribution in [2.45, 2.75) is 43.6 Å². The highest BCUT2D eigenvalue weighted by atomic mass is 35.5. The van der Waals surface area contributed by atoms with E-state index in [0.717, 1.165) is 24.1 Å². The van der Waals surface area contributed by atoms with Gasteiger partial charge in [0.25, 0.3) is 5.91 Å². The Morgan fingerprint density at radius 1 is 1.10 bits per heavy atom. The van der Waals surface area contributed by atoms with Gasteiger partial charge in [-0.05, 0) is 49.2 Å². The maximum atomic E-state index is 14.1. The number of halogens is 5. The minimum absolute atomic E-state index is 0. The number of aromatic nitrogens is 3. The van der Waals surface area contributed by atoms with Crippen molar-refractivity contribution < 1.29 is 27.4 Å². The summed E-state index contributed by atoms with van der Waals surface area (Å²) in [6.07, 6.45) is -1.42. The Kier molecular flexibility index (Phi) is 10.1. The van der Waals surface area contributed by atoms with Gasteiger partial charge in [-0.1, -0.05) is 6.07 Å². The van der Waals surface area contributed by atoms with Crippen molar-refractivity contribution in [2.75, 3.05) is 32.6 Å². The second kappa shape index (κ2) is 13.0. The number of methoxy groups -OCH3 is 2. The fraction of sp³-hybridized carbons (Fsp3) is 0.423. The Bertz CT molecular complexity index is 1300. The number of nitrogens with zero attached hydrogens (tertiary/aromatic N) is 3. The third-order valence-electron chi connectivity index (χ3n) is 6.92. The average molecular weight is 603 g/mol. The molecule has 4 heterocycles. The summed E-state index contributed by atoms with van der Waals surface area (Å²) >= 11 is 0. The number of ether oxygens (including phenoxy) is 2. The molecule has 1 aromatic carbocycles. The van der Waals surface area contributed by atoms with Crippen molar-refractivity contribution in [1.29, 1.82) is 0 Å². The number of anilines is 1. The molecule has 1 amide bonds. The predicted octanol–water partition coefficient (Wildman–Crippen LogP) is 4.95. The monoisotopic (exact) mass is 602 g/mol. The van der Waals surface area contributed by atoms with Gasteiger partial charge in [-0.3, -0.25) is 9.78 Å². The number of carbonyl (C=O) groups is 1. The summed E-state index contributed by atoms with van der Waals surface area (Å²) in [5, 5.41) is 13.6. The van der Waals surface area contributed by atoms with Crippen molar-refractivity contribution in [3.05, 3.63) is 53.9 Å². The standard InChI is InChI=1S/C26H29F3N6O3.2ClH/c1-37-21-8-6-15(10-22(21)38-2)19-11-23(26(27,28)29)35-24(33-19)12-20(34-35)16-5-7-18(31-13-16)25(36)32-17-4-3-9-30-14-17;;/h5-8,10,12-13,17,19,23,30,33H,3-4,9,11,14H2,1-2H3,(H,32,36);2*1H/t17-,19?,23?;;/m0../s1. The number of benzene rings is 1. The molecule has 3 N–H and O–H groups in total. The van der Waals surface area contributed by atoms with E-state index in [1.807, 2.05) is 0 Å². The Balaban J connectivity index is 0.00000220. The molecule has 2 aromatic heterocycles. The molecule has 40 heavy (non-hydrogen) atoms. The van der Waals surface area contributed by atoms with Gasteiger partial charge in [-0.15, -0.1) is 24.8 Å². The first-order valence-corrected chi connectivity index (χ1v) is 12.4. The SMILES string of the molecule is COc1ccc(C2CC(C(F)(F)F)n3nc(-c4ccc(C(=O)N[C@H]5CCCNC5)nc4)cc3N2)cc1OC.Cl.Cl. The molecule has 1 fully saturated rings. The minimum Gasteiger partial charge on any atom is -0.493 e. The van der Waals surface area contributed by atoms with Crippen LogP contribution in [0.4, 0.5) is 19.0 Å². The van der Waals surface area contributed by atoms with Crippen LogP contribution in [0.25, 0.3) is 11.3 Å². The molecule has 0 saturated carbocycles. The van der Waals surface area contributed by atoms with Crippen molar-refractivity contribution in [2.24, 2.45) is 0 Å². The Morgan fingerprint density at radius 3 is 2.50 bits per heavy atom. The molecule has 0 radical (unpaired) electrons. The quantitative estimate of drug-likeness (QED) is 0.367. The zero-order chi connectivity index (χ0) is 26.9. The fourth-order valence-corrected chi connectivity index (χ4v) is 4.92. The number of hydrogen-bond donors (Lipinski definition) is 3. The van der Waals surface area contributed by atoms with Gasteiger partial charge in [0, 0.05) is 36.8 Å². The van der Waals surface area contributed by atoms with Crippen LogP contribution in [-0.2, 0) is 0 Å². The van der Waals surface area contributed by atoms with Crippen LogP contribution in [0.1, 0.15) is 47.4 Å². The van der Waals surface area contributed by atoms with Crippen LogP contribution in [0.3, 0.4) is 0 Å². The van der Waals surface area contributed by atoms with E-state index in [1.165, 1.54) is 20.4 Å². The topological polar surface area (TPSA) is 102 Å². The maximum absolute atomic E-state index is 14.1. The second-order valence-electron chi connectivity index (χ2n) is 9.41. The smallest absolute Gasteiger partial charge is 0.410 e. The maximum Gasteiger partial charge on any atom is 0.410 e. The summed E-state index contributed by atoms with van der Waals surface area (Å²) < 4.78 is 53.9. The van der Waals surface area contributed by atoms with Crippen LogP contribution in [0.2, 0.25) is 0 Å². The van der Waals surface area contributed by atoms with E-state index < -0.39 is 18.3 Å². The highest BCUT2D eigenvalue weighted by molar-refractivity contribution is 5.92. The van der Waals surface area contributed by atoms with Crippen molar-refractivity contribution in [3.8, 4) is 22.8 Å². The molecule has 218 valence electrons. The highest BCUT2D eigenvalue weighted by Gasteiger charge is 2.46. The molecule has 9 nitrogen and oxygen atoms in total. The van der Waals surface area contributed by atoms with Gasteiger partial charge in [0.2, 0.25) is 0 Å². The van der Waals surface area contributed by atoms with Gasteiger partial charge >= 0.3 is 6.18 Å². The number of carbonyl (C=O) groups excluding carboxylic acids is 1. The summed E-state index contributed by atoms with van der Waals surface area (Å²) in [6.45, 7) is 1.65. The molecule has 2 aliphatic rings. The van der Waals surface area contributed by atoms with Gasteiger partial charge in [0.1, 0.15) is 11.5 Å². The molecule has 3 aromatic rings. The lowest BCUT2D eigenvalue weighted by Gasteiger charge is -2.33. The fourth-order valence-electron chi connectivity index (χ4n) is 4.92. The summed E-state index contributed by atoms with van der Waals surface area (Å²) in [5.41, 5.74) is 1.71. The number of pyridine rings is 1.